The van der Waals surface area contributed by atoms with Gasteiger partial charge in [0.05, 0.1) is 0 Å². The van der Waals surface area contributed by atoms with E-state index in [1.165, 1.54) is 16.5 Å². The van der Waals surface area contributed by atoms with Crippen molar-refractivity contribution in [3.8, 4) is 0 Å². The fraction of sp³-hybridized carbons (Fsp3) is 0.158. The normalized spacial score (nSPS) is 11.6. The molecule has 0 bridgehead atoms. The van der Waals surface area contributed by atoms with Gasteiger partial charge in [-0.15, -0.1) is 0 Å². The summed E-state index contributed by atoms with van der Waals surface area (Å²) in [5.74, 6) is 5.82. The van der Waals surface area contributed by atoms with Gasteiger partial charge in [0.25, 0.3) is 0 Å². The molecule has 0 aliphatic carbocycles. The Kier molecular flexibility index (Phi) is 5.21. The molecule has 118 valence electrons. The second-order valence-electron chi connectivity index (χ2n) is 6.46. The average Bonchev–Trinajstić information content (AvgIpc) is 2.52. The van der Waals surface area contributed by atoms with Crippen LogP contribution < -0.4 is 4.40 Å². The Morgan fingerprint density at radius 2 is 1.61 bits per heavy atom. The number of allylic oxidation sites excluding steroid dienone is 1. The zero-order valence-corrected chi connectivity index (χ0v) is 15.6. The molecule has 23 heavy (non-hydrogen) atoms. The van der Waals surface area contributed by atoms with Crippen LogP contribution in [0.25, 0.3) is 6.08 Å². The van der Waals surface area contributed by atoms with Crippen molar-refractivity contribution in [3.63, 3.8) is 0 Å². The van der Waals surface area contributed by atoms with Gasteiger partial charge in [0.1, 0.15) is 0 Å². The number of benzene rings is 2. The first-order valence-corrected chi connectivity index (χ1v) is 14.8. The van der Waals surface area contributed by atoms with E-state index in [0.717, 1.165) is 0 Å². The van der Waals surface area contributed by atoms with Crippen molar-refractivity contribution in [1.29, 1.82) is 0 Å². The number of ketones is 1. The summed E-state index contributed by atoms with van der Waals surface area (Å²) in [6, 6.07) is 14.3. The van der Waals surface area contributed by atoms with Crippen LogP contribution in [0.3, 0.4) is 0 Å². The summed E-state index contributed by atoms with van der Waals surface area (Å²) in [6.07, 6.45) is 3.15. The van der Waals surface area contributed by atoms with Crippen LogP contribution in [0, 0.1) is 0 Å². The Morgan fingerprint density at radius 1 is 0.957 bits per heavy atom. The molecule has 1 N–H and O–H groups in total. The Labute approximate surface area is 139 Å². The third-order valence-electron chi connectivity index (χ3n) is 3.57. The fourth-order valence-electron chi connectivity index (χ4n) is 2.18. The van der Waals surface area contributed by atoms with E-state index < -0.39 is 19.2 Å². The summed E-state index contributed by atoms with van der Waals surface area (Å²) in [7, 11) is 0. The molecule has 0 aliphatic heterocycles. The Bertz CT molecular complexity index is 770. The van der Waals surface area contributed by atoms with Gasteiger partial charge >= 0.3 is 139 Å². The van der Waals surface area contributed by atoms with E-state index >= 15 is 0 Å². The van der Waals surface area contributed by atoms with Crippen LogP contribution in [-0.2, 0) is 0 Å². The quantitative estimate of drug-likeness (QED) is 0.495. The minimum absolute atomic E-state index is 0.0702. The van der Waals surface area contributed by atoms with Crippen molar-refractivity contribution in [2.45, 2.75) is 17.3 Å². The fourth-order valence-corrected chi connectivity index (χ4v) is 4.67. The first kappa shape index (κ1) is 17.2. The molecule has 2 aromatic carbocycles. The average molecular weight is 369 g/mol. The predicted octanol–water partition coefficient (Wildman–Crippen LogP) is 3.83. The number of carboxylic acid groups (broad SMARTS) is 1. The molecule has 2 aromatic rings. The van der Waals surface area contributed by atoms with E-state index in [0.29, 0.717) is 11.1 Å². The van der Waals surface area contributed by atoms with Crippen molar-refractivity contribution in [1.82, 2.24) is 0 Å². The Hall–Kier alpha value is -2.14. The second kappa shape index (κ2) is 6.96. The van der Waals surface area contributed by atoms with Crippen LogP contribution in [0.5, 0.6) is 0 Å². The molecule has 2 rings (SSSR count). The van der Waals surface area contributed by atoms with E-state index in [2.05, 4.69) is 23.3 Å². The second-order valence-corrected chi connectivity index (χ2v) is 17.1. The molecule has 0 heterocycles. The van der Waals surface area contributed by atoms with E-state index in [1.807, 2.05) is 18.2 Å². The van der Waals surface area contributed by atoms with Gasteiger partial charge in [0, 0.05) is 0 Å². The standard InChI is InChI=1S/C19H20GeO3/c1-20(2,3)17-9-5-7-15(13-17)18(21)11-10-14-6-4-8-16(12-14)19(22)23/h4-13H,1-3H3,(H,22,23)/b11-10+. The summed E-state index contributed by atoms with van der Waals surface area (Å²) < 4.78 is 1.29. The van der Waals surface area contributed by atoms with Crippen molar-refractivity contribution in [2.24, 2.45) is 0 Å². The maximum absolute atomic E-state index is 12.3. The topological polar surface area (TPSA) is 54.4 Å². The summed E-state index contributed by atoms with van der Waals surface area (Å²) in [4.78, 5) is 23.3. The molecule has 0 fully saturated rings. The van der Waals surface area contributed by atoms with Gasteiger partial charge in [0.2, 0.25) is 0 Å². The van der Waals surface area contributed by atoms with Gasteiger partial charge < -0.3 is 0 Å². The molecule has 0 radical (unpaired) electrons. The molecule has 0 aliphatic rings. The third-order valence-corrected chi connectivity index (χ3v) is 7.86. The van der Waals surface area contributed by atoms with Crippen LogP contribution in [0.2, 0.25) is 17.3 Å². The molecular weight excluding hydrogens is 349 g/mol. The first-order chi connectivity index (χ1) is 10.8. The molecular formula is C19H20GeO3. The predicted molar refractivity (Wildman–Crippen MR) is 96.2 cm³/mol. The third kappa shape index (κ3) is 4.66. The van der Waals surface area contributed by atoms with Crippen molar-refractivity contribution < 1.29 is 14.7 Å². The van der Waals surface area contributed by atoms with Crippen LogP contribution in [0.4, 0.5) is 0 Å². The Balaban J connectivity index is 2.22. The number of carboxylic acids is 1. The molecule has 0 saturated carbocycles. The summed E-state index contributed by atoms with van der Waals surface area (Å²) in [5, 5.41) is 8.99. The molecule has 0 amide bonds. The molecule has 0 saturated heterocycles. The minimum atomic E-state index is -1.96. The number of rotatable bonds is 5. The molecule has 0 atom stereocenters. The van der Waals surface area contributed by atoms with Crippen LogP contribution in [0.15, 0.2) is 54.6 Å². The van der Waals surface area contributed by atoms with E-state index in [4.69, 9.17) is 5.11 Å². The van der Waals surface area contributed by atoms with Gasteiger partial charge in [-0.25, -0.2) is 0 Å². The van der Waals surface area contributed by atoms with Crippen molar-refractivity contribution in [3.05, 3.63) is 71.3 Å². The molecule has 3 nitrogen and oxygen atoms in total. The monoisotopic (exact) mass is 370 g/mol. The number of hydrogen-bond acceptors (Lipinski definition) is 2. The van der Waals surface area contributed by atoms with Crippen molar-refractivity contribution in [2.75, 3.05) is 0 Å². The zero-order chi connectivity index (χ0) is 17.0. The van der Waals surface area contributed by atoms with Crippen LogP contribution in [-0.4, -0.2) is 30.1 Å². The van der Waals surface area contributed by atoms with Gasteiger partial charge in [-0.05, 0) is 0 Å². The van der Waals surface area contributed by atoms with Crippen LogP contribution >= 0.6 is 0 Å². The van der Waals surface area contributed by atoms with E-state index in [9.17, 15) is 9.59 Å². The summed E-state index contributed by atoms with van der Waals surface area (Å²) in [5.41, 5.74) is 1.58. The van der Waals surface area contributed by atoms with E-state index in [-0.39, 0.29) is 11.3 Å². The van der Waals surface area contributed by atoms with Gasteiger partial charge in [-0.2, -0.15) is 0 Å². The maximum atomic E-state index is 12.3. The molecule has 0 spiro atoms. The van der Waals surface area contributed by atoms with Crippen LogP contribution in [0.1, 0.15) is 26.3 Å². The molecule has 4 heteroatoms. The number of aromatic carboxylic acids is 1. The van der Waals surface area contributed by atoms with Crippen molar-refractivity contribution >= 4 is 35.5 Å². The SMILES string of the molecule is [CH3][Ge]([CH3])([CH3])[c]1cccc(C(=O)/C=C/c2cccc(C(=O)O)c2)c1. The van der Waals surface area contributed by atoms with Gasteiger partial charge in [-0.1, -0.05) is 0 Å². The molecule has 0 unspecified atom stereocenters. The van der Waals surface area contributed by atoms with E-state index in [1.54, 1.807) is 24.3 Å². The summed E-state index contributed by atoms with van der Waals surface area (Å²) in [6.45, 7) is 0. The van der Waals surface area contributed by atoms with Gasteiger partial charge in [-0.3, -0.25) is 0 Å². The summed E-state index contributed by atoms with van der Waals surface area (Å²) >= 11 is -1.96. The number of carbonyl (C=O) groups is 2. The zero-order valence-electron chi connectivity index (χ0n) is 13.5. The first-order valence-electron chi connectivity index (χ1n) is 7.44. The number of carbonyl (C=O) groups excluding carboxylic acids is 1. The van der Waals surface area contributed by atoms with Gasteiger partial charge in [0.15, 0.2) is 0 Å². The molecule has 0 aromatic heterocycles. The Morgan fingerprint density at radius 3 is 2.26 bits per heavy atom. The number of hydrogen-bond donors (Lipinski definition) is 1.